The molecule has 0 saturated carbocycles. The fourth-order valence-corrected chi connectivity index (χ4v) is 6.33. The van der Waals surface area contributed by atoms with E-state index in [0.29, 0.717) is 0 Å². The maximum atomic E-state index is 12.8. The number of hydrogen-bond acceptors (Lipinski definition) is 4. The molecule has 14 heteroatoms. The Labute approximate surface area is 283 Å². The molecule has 0 heterocycles. The molecule has 212 valence electrons. The van der Waals surface area contributed by atoms with Gasteiger partial charge in [0, 0.05) is 22.3 Å². The van der Waals surface area contributed by atoms with Crippen LogP contribution in [0.1, 0.15) is 6.42 Å². The van der Waals surface area contributed by atoms with Gasteiger partial charge in [-0.3, -0.25) is 9.59 Å². The second kappa shape index (κ2) is 13.6. The highest BCUT2D eigenvalue weighted by Gasteiger charge is 2.26. The summed E-state index contributed by atoms with van der Waals surface area (Å²) >= 11 is 62.5. The predicted octanol–water partition coefficient (Wildman–Crippen LogP) is 12.5. The molecule has 0 fully saturated rings. The summed E-state index contributed by atoms with van der Waals surface area (Å²) in [7, 11) is 0. The van der Waals surface area contributed by atoms with E-state index in [9.17, 15) is 9.59 Å². The summed E-state index contributed by atoms with van der Waals surface area (Å²) in [6, 6.07) is 12.6. The minimum Gasteiger partial charge on any atom is -0.425 e. The summed E-state index contributed by atoms with van der Waals surface area (Å²) in [5.41, 5.74) is 0.912. The van der Waals surface area contributed by atoms with Crippen molar-refractivity contribution in [2.75, 3.05) is 0 Å². The zero-order valence-corrected chi connectivity index (χ0v) is 27.3. The highest BCUT2D eigenvalue weighted by atomic mass is 35.5. The van der Waals surface area contributed by atoms with Crippen molar-refractivity contribution < 1.29 is 19.1 Å². The van der Waals surface area contributed by atoms with Crippen LogP contribution in [0.15, 0.2) is 48.5 Å². The minimum atomic E-state index is -0.952. The monoisotopic (exact) mass is 748 g/mol. The number of halogens is 10. The molecule has 0 aliphatic rings. The predicted molar refractivity (Wildman–Crippen MR) is 170 cm³/mol. The van der Waals surface area contributed by atoms with Gasteiger partial charge in [-0.05, 0) is 12.1 Å². The topological polar surface area (TPSA) is 52.6 Å². The van der Waals surface area contributed by atoms with Gasteiger partial charge in [-0.1, -0.05) is 152 Å². The van der Waals surface area contributed by atoms with Crippen LogP contribution in [-0.2, 0) is 9.59 Å². The molecule has 0 aliphatic heterocycles. The molecule has 4 nitrogen and oxygen atoms in total. The van der Waals surface area contributed by atoms with Crippen LogP contribution in [0.3, 0.4) is 0 Å². The van der Waals surface area contributed by atoms with Crippen molar-refractivity contribution in [3.05, 3.63) is 98.8 Å². The second-order valence-corrected chi connectivity index (χ2v) is 11.8. The average Bonchev–Trinajstić information content (AvgIpc) is 2.94. The lowest BCUT2D eigenvalue weighted by atomic mass is 10.0. The van der Waals surface area contributed by atoms with Crippen LogP contribution in [0, 0.1) is 0 Å². The summed E-state index contributed by atoms with van der Waals surface area (Å²) in [4.78, 5) is 25.6. The molecule has 4 aromatic rings. The molecule has 0 radical (unpaired) electrons. The second-order valence-electron chi connectivity index (χ2n) is 8.01. The summed E-state index contributed by atoms with van der Waals surface area (Å²) in [5, 5.41) is -0.250. The zero-order chi connectivity index (χ0) is 30.2. The lowest BCUT2D eigenvalue weighted by molar-refractivity contribution is -0.144. The molecule has 0 aliphatic carbocycles. The molecule has 0 spiro atoms. The number of hydrogen-bond donors (Lipinski definition) is 0. The van der Waals surface area contributed by atoms with E-state index in [0.717, 1.165) is 0 Å². The first kappa shape index (κ1) is 32.6. The number of benzene rings is 4. The van der Waals surface area contributed by atoms with Crippen LogP contribution in [0.2, 0.25) is 50.2 Å². The van der Waals surface area contributed by atoms with Gasteiger partial charge in [0.2, 0.25) is 0 Å². The van der Waals surface area contributed by atoms with Gasteiger partial charge < -0.3 is 9.47 Å². The Hall–Kier alpha value is -1.28. The van der Waals surface area contributed by atoms with Gasteiger partial charge in [-0.15, -0.1) is 0 Å². The van der Waals surface area contributed by atoms with E-state index in [-0.39, 0.29) is 84.0 Å². The SMILES string of the molecule is O=C(CC(=O)Oc1ccccc1-c1c(Cl)c(Cl)c(Cl)c(Cl)c1Cl)Oc1ccccc1-c1c(Cl)c(Cl)c(Cl)c(Cl)c1Cl. The molecule has 0 bridgehead atoms. The van der Waals surface area contributed by atoms with Crippen LogP contribution in [-0.4, -0.2) is 11.9 Å². The Balaban J connectivity index is 1.59. The lowest BCUT2D eigenvalue weighted by Crippen LogP contribution is -2.18. The fraction of sp³-hybridized carbons (Fsp3) is 0.0370. The van der Waals surface area contributed by atoms with Gasteiger partial charge in [0.25, 0.3) is 0 Å². The quantitative estimate of drug-likeness (QED) is 0.0647. The van der Waals surface area contributed by atoms with Crippen LogP contribution >= 0.6 is 116 Å². The number of rotatable bonds is 6. The van der Waals surface area contributed by atoms with Gasteiger partial charge in [-0.25, -0.2) is 0 Å². The molecule has 0 unspecified atom stereocenters. The molecule has 0 atom stereocenters. The van der Waals surface area contributed by atoms with E-state index in [1.54, 1.807) is 36.4 Å². The van der Waals surface area contributed by atoms with Crippen molar-refractivity contribution in [3.63, 3.8) is 0 Å². The van der Waals surface area contributed by atoms with Gasteiger partial charge in [0.1, 0.15) is 17.9 Å². The third-order valence-corrected chi connectivity index (χ3v) is 10.0. The standard InChI is InChI=1S/C27H10Cl10O4/c28-18-16(19(29)23(33)26(36)22(18)32)10-5-1-3-7-12(10)40-14(38)9-15(39)41-13-8-4-2-6-11(13)17-20(30)24(34)27(37)25(35)21(17)31/h1-8H,9H2. The van der Waals surface area contributed by atoms with Crippen molar-refractivity contribution in [3.8, 4) is 33.8 Å². The first-order valence-corrected chi connectivity index (χ1v) is 14.8. The summed E-state index contributed by atoms with van der Waals surface area (Å²) < 4.78 is 10.9. The molecule has 41 heavy (non-hydrogen) atoms. The number of para-hydroxylation sites is 2. The molecule has 0 amide bonds. The van der Waals surface area contributed by atoms with Crippen LogP contribution in [0.25, 0.3) is 22.3 Å². The molecule has 0 N–H and O–H groups in total. The molecular formula is C27H10Cl10O4. The number of carbonyl (C=O) groups excluding carboxylic acids is 2. The van der Waals surface area contributed by atoms with Gasteiger partial charge >= 0.3 is 11.9 Å². The van der Waals surface area contributed by atoms with Crippen molar-refractivity contribution in [1.82, 2.24) is 0 Å². The van der Waals surface area contributed by atoms with Crippen molar-refractivity contribution >= 4 is 128 Å². The Morgan fingerprint density at radius 3 is 1.02 bits per heavy atom. The number of esters is 2. The van der Waals surface area contributed by atoms with Gasteiger partial charge in [0.05, 0.1) is 50.2 Å². The zero-order valence-electron chi connectivity index (χ0n) is 19.7. The maximum absolute atomic E-state index is 12.8. The molecular weight excluding hydrogens is 743 g/mol. The average molecular weight is 753 g/mol. The first-order chi connectivity index (χ1) is 19.3. The van der Waals surface area contributed by atoms with Crippen LogP contribution in [0.5, 0.6) is 11.5 Å². The van der Waals surface area contributed by atoms with E-state index >= 15 is 0 Å². The fourth-order valence-electron chi connectivity index (χ4n) is 3.64. The van der Waals surface area contributed by atoms with E-state index in [4.69, 9.17) is 125 Å². The van der Waals surface area contributed by atoms with Gasteiger partial charge in [0.15, 0.2) is 0 Å². The largest absolute Gasteiger partial charge is 0.425 e. The molecule has 0 saturated heterocycles. The summed E-state index contributed by atoms with van der Waals surface area (Å²) in [5.74, 6) is -1.86. The van der Waals surface area contributed by atoms with E-state index < -0.39 is 18.4 Å². The van der Waals surface area contributed by atoms with E-state index in [2.05, 4.69) is 0 Å². The minimum absolute atomic E-state index is 0.00897. The highest BCUT2D eigenvalue weighted by molar-refractivity contribution is 6.57. The Bertz CT molecular complexity index is 1540. The highest BCUT2D eigenvalue weighted by Crippen LogP contribution is 2.51. The smallest absolute Gasteiger partial charge is 0.322 e. The van der Waals surface area contributed by atoms with E-state index in [1.807, 2.05) is 0 Å². The van der Waals surface area contributed by atoms with Crippen LogP contribution in [0.4, 0.5) is 0 Å². The van der Waals surface area contributed by atoms with Crippen molar-refractivity contribution in [2.24, 2.45) is 0 Å². The molecule has 4 aromatic carbocycles. The van der Waals surface area contributed by atoms with Crippen LogP contribution < -0.4 is 9.47 Å². The van der Waals surface area contributed by atoms with Crippen molar-refractivity contribution in [1.29, 1.82) is 0 Å². The number of carbonyl (C=O) groups is 2. The Morgan fingerprint density at radius 2 is 0.707 bits per heavy atom. The van der Waals surface area contributed by atoms with Gasteiger partial charge in [-0.2, -0.15) is 0 Å². The third-order valence-electron chi connectivity index (χ3n) is 5.47. The third kappa shape index (κ3) is 6.63. The first-order valence-electron chi connectivity index (χ1n) is 11.0. The normalized spacial score (nSPS) is 11.0. The Morgan fingerprint density at radius 1 is 0.439 bits per heavy atom. The lowest BCUT2D eigenvalue weighted by Gasteiger charge is -2.16. The summed E-state index contributed by atoms with van der Waals surface area (Å²) in [6.07, 6.45) is -0.782. The van der Waals surface area contributed by atoms with E-state index in [1.165, 1.54) is 12.1 Å². The molecule has 4 rings (SSSR count). The Kier molecular flexibility index (Phi) is 10.8. The molecule has 0 aromatic heterocycles. The summed E-state index contributed by atoms with van der Waals surface area (Å²) in [6.45, 7) is 0. The van der Waals surface area contributed by atoms with Crippen molar-refractivity contribution in [2.45, 2.75) is 6.42 Å². The maximum Gasteiger partial charge on any atom is 0.322 e. The number of ether oxygens (including phenoxy) is 2.